The number of hydrogen-bond acceptors (Lipinski definition) is 7. The molecule has 0 saturated carbocycles. The largest absolute Gasteiger partial charge is 0.456 e. The summed E-state index contributed by atoms with van der Waals surface area (Å²) in [7, 11) is 0. The van der Waals surface area contributed by atoms with Gasteiger partial charge in [-0.15, -0.1) is 0 Å². The van der Waals surface area contributed by atoms with E-state index in [0.29, 0.717) is 19.5 Å². The minimum Gasteiger partial charge on any atom is -0.456 e. The number of rotatable bonds is 7. The van der Waals surface area contributed by atoms with Crippen molar-refractivity contribution in [3.05, 3.63) is 83.7 Å². The van der Waals surface area contributed by atoms with Gasteiger partial charge in [-0.3, -0.25) is 19.3 Å². The first-order valence-corrected chi connectivity index (χ1v) is 12.3. The molecule has 0 fully saturated rings. The fourth-order valence-corrected chi connectivity index (χ4v) is 4.49. The van der Waals surface area contributed by atoms with E-state index >= 15 is 0 Å². The van der Waals surface area contributed by atoms with Crippen LogP contribution in [0.4, 0.5) is 0 Å². The average molecular weight is 497 g/mol. The van der Waals surface area contributed by atoms with E-state index in [0.717, 1.165) is 52.4 Å². The number of carbonyl (C=O) groups is 2. The van der Waals surface area contributed by atoms with Crippen molar-refractivity contribution < 1.29 is 14.3 Å². The monoisotopic (exact) mass is 496 g/mol. The summed E-state index contributed by atoms with van der Waals surface area (Å²) in [6.07, 6.45) is 8.72. The van der Waals surface area contributed by atoms with Crippen LogP contribution in [0.3, 0.4) is 0 Å². The Kier molecular flexibility index (Phi) is 7.02. The van der Waals surface area contributed by atoms with E-state index in [4.69, 9.17) is 14.8 Å². The van der Waals surface area contributed by atoms with Crippen LogP contribution >= 0.6 is 0 Å². The quantitative estimate of drug-likeness (QED) is 0.361. The average Bonchev–Trinajstić information content (AvgIpc) is 3.37. The predicted molar refractivity (Wildman–Crippen MR) is 137 cm³/mol. The van der Waals surface area contributed by atoms with Crippen LogP contribution in [0.15, 0.2) is 61.2 Å². The maximum absolute atomic E-state index is 12.3. The number of fused-ring (bicyclic) bond motifs is 1. The molecule has 0 aliphatic carbocycles. The smallest absolute Gasteiger partial charge is 0.303 e. The lowest BCUT2D eigenvalue weighted by atomic mass is 9.96. The zero-order valence-electron chi connectivity index (χ0n) is 20.9. The van der Waals surface area contributed by atoms with Gasteiger partial charge >= 0.3 is 5.97 Å². The number of esters is 1. The molecule has 0 N–H and O–H groups in total. The molecule has 1 aromatic carbocycles. The Labute approximate surface area is 215 Å². The summed E-state index contributed by atoms with van der Waals surface area (Å²) in [4.78, 5) is 38.7. The summed E-state index contributed by atoms with van der Waals surface area (Å²) >= 11 is 0. The number of amides is 1. The standard InChI is InChI=1S/C28H28N6O3/c1-3-34-17-24(28(32-34)22-5-4-10-29-15-22)25-8-11-30-26(31-25)14-20-6-7-23-16-33(12-9-21(23)13-20)27(36)18-37-19(2)35/h4-8,10-11,13,15,17H,3,9,12,14,16,18H2,1-2H3. The van der Waals surface area contributed by atoms with E-state index < -0.39 is 5.97 Å². The van der Waals surface area contributed by atoms with E-state index in [1.807, 2.05) is 35.3 Å². The van der Waals surface area contributed by atoms with Crippen molar-refractivity contribution in [3.63, 3.8) is 0 Å². The van der Waals surface area contributed by atoms with E-state index in [2.05, 4.69) is 35.1 Å². The zero-order valence-corrected chi connectivity index (χ0v) is 20.9. The molecule has 5 rings (SSSR count). The van der Waals surface area contributed by atoms with Crippen LogP contribution in [0.5, 0.6) is 0 Å². The molecule has 0 saturated heterocycles. The highest BCUT2D eigenvalue weighted by molar-refractivity contribution is 5.80. The summed E-state index contributed by atoms with van der Waals surface area (Å²) in [5.74, 6) is 0.106. The fourth-order valence-electron chi connectivity index (χ4n) is 4.49. The molecule has 4 heterocycles. The van der Waals surface area contributed by atoms with Gasteiger partial charge in [-0.25, -0.2) is 9.97 Å². The minimum absolute atomic E-state index is 0.174. The van der Waals surface area contributed by atoms with Crippen molar-refractivity contribution >= 4 is 11.9 Å². The lowest BCUT2D eigenvalue weighted by Gasteiger charge is -2.29. The van der Waals surface area contributed by atoms with Gasteiger partial charge in [0, 0.05) is 68.9 Å². The number of aryl methyl sites for hydroxylation is 1. The number of carbonyl (C=O) groups excluding carboxylic acids is 2. The predicted octanol–water partition coefficient (Wildman–Crippen LogP) is 3.46. The summed E-state index contributed by atoms with van der Waals surface area (Å²) in [6, 6.07) is 12.1. The minimum atomic E-state index is -0.450. The highest BCUT2D eigenvalue weighted by Gasteiger charge is 2.22. The highest BCUT2D eigenvalue weighted by atomic mass is 16.5. The van der Waals surface area contributed by atoms with Crippen LogP contribution in [0.2, 0.25) is 0 Å². The molecule has 4 aromatic rings. The van der Waals surface area contributed by atoms with Crippen molar-refractivity contribution in [3.8, 4) is 22.5 Å². The third-order valence-electron chi connectivity index (χ3n) is 6.40. The number of benzene rings is 1. The normalized spacial score (nSPS) is 12.8. The number of nitrogens with zero attached hydrogens (tertiary/aromatic N) is 6. The molecule has 1 amide bonds. The summed E-state index contributed by atoms with van der Waals surface area (Å²) < 4.78 is 6.77. The fraction of sp³-hybridized carbons (Fsp3) is 0.286. The molecule has 0 bridgehead atoms. The van der Waals surface area contributed by atoms with Crippen LogP contribution in [-0.4, -0.2) is 54.7 Å². The Bertz CT molecular complexity index is 1430. The first-order valence-electron chi connectivity index (χ1n) is 12.3. The van der Waals surface area contributed by atoms with Gasteiger partial charge in [-0.05, 0) is 48.2 Å². The van der Waals surface area contributed by atoms with Gasteiger partial charge in [-0.1, -0.05) is 18.2 Å². The summed E-state index contributed by atoms with van der Waals surface area (Å²) in [5, 5.41) is 4.74. The molecule has 9 heteroatoms. The number of pyridine rings is 1. The lowest BCUT2D eigenvalue weighted by Crippen LogP contribution is -2.38. The van der Waals surface area contributed by atoms with Crippen molar-refractivity contribution in [2.75, 3.05) is 13.2 Å². The van der Waals surface area contributed by atoms with Crippen molar-refractivity contribution in [2.24, 2.45) is 0 Å². The highest BCUT2D eigenvalue weighted by Crippen LogP contribution is 2.30. The van der Waals surface area contributed by atoms with Gasteiger partial charge in [0.25, 0.3) is 5.91 Å². The van der Waals surface area contributed by atoms with Crippen LogP contribution < -0.4 is 0 Å². The Balaban J connectivity index is 1.34. The van der Waals surface area contributed by atoms with E-state index in [1.54, 1.807) is 17.3 Å². The first kappa shape index (κ1) is 24.3. The third-order valence-corrected chi connectivity index (χ3v) is 6.40. The Morgan fingerprint density at radius 1 is 1.11 bits per heavy atom. The lowest BCUT2D eigenvalue weighted by molar-refractivity contribution is -0.150. The Hall–Kier alpha value is -4.40. The molecular formula is C28H28N6O3. The van der Waals surface area contributed by atoms with Crippen molar-refractivity contribution in [2.45, 2.75) is 39.8 Å². The van der Waals surface area contributed by atoms with Gasteiger partial charge < -0.3 is 9.64 Å². The number of ether oxygens (including phenoxy) is 1. The molecule has 1 aliphatic rings. The van der Waals surface area contributed by atoms with Gasteiger partial charge in [-0.2, -0.15) is 5.10 Å². The molecule has 37 heavy (non-hydrogen) atoms. The van der Waals surface area contributed by atoms with Crippen LogP contribution in [0.1, 0.15) is 36.4 Å². The van der Waals surface area contributed by atoms with Gasteiger partial charge in [0.05, 0.1) is 5.69 Å². The summed E-state index contributed by atoms with van der Waals surface area (Å²) in [5.41, 5.74) is 7.00. The molecule has 0 atom stereocenters. The second-order valence-corrected chi connectivity index (χ2v) is 8.97. The molecule has 0 unspecified atom stereocenters. The van der Waals surface area contributed by atoms with Crippen molar-refractivity contribution in [1.82, 2.24) is 29.6 Å². The van der Waals surface area contributed by atoms with Gasteiger partial charge in [0.15, 0.2) is 6.61 Å². The Morgan fingerprint density at radius 2 is 2.00 bits per heavy atom. The molecule has 3 aromatic heterocycles. The van der Waals surface area contributed by atoms with E-state index in [1.165, 1.54) is 12.5 Å². The number of aromatic nitrogens is 5. The molecule has 0 radical (unpaired) electrons. The van der Waals surface area contributed by atoms with Crippen LogP contribution in [0, 0.1) is 0 Å². The Morgan fingerprint density at radius 3 is 2.78 bits per heavy atom. The number of hydrogen-bond donors (Lipinski definition) is 0. The van der Waals surface area contributed by atoms with E-state index in [9.17, 15) is 9.59 Å². The second-order valence-electron chi connectivity index (χ2n) is 8.97. The topological polar surface area (TPSA) is 103 Å². The zero-order chi connectivity index (χ0) is 25.8. The molecule has 188 valence electrons. The van der Waals surface area contributed by atoms with Crippen LogP contribution in [-0.2, 0) is 40.3 Å². The molecule has 0 spiro atoms. The van der Waals surface area contributed by atoms with Crippen LogP contribution in [0.25, 0.3) is 22.5 Å². The third kappa shape index (κ3) is 5.55. The van der Waals surface area contributed by atoms with Gasteiger partial charge in [0.2, 0.25) is 0 Å². The van der Waals surface area contributed by atoms with Gasteiger partial charge in [0.1, 0.15) is 11.5 Å². The maximum atomic E-state index is 12.3. The van der Waals surface area contributed by atoms with E-state index in [-0.39, 0.29) is 12.5 Å². The SMILES string of the molecule is CCn1cc(-c2ccnc(Cc3ccc4c(c3)CCN(C(=O)COC(C)=O)C4)n2)c(-c2cccnc2)n1. The molecular weight excluding hydrogens is 468 g/mol. The maximum Gasteiger partial charge on any atom is 0.303 e. The first-order chi connectivity index (χ1) is 18.0. The molecule has 9 nitrogen and oxygen atoms in total. The molecule has 1 aliphatic heterocycles. The second kappa shape index (κ2) is 10.7. The summed E-state index contributed by atoms with van der Waals surface area (Å²) in [6.45, 7) is 5.02. The van der Waals surface area contributed by atoms with Crippen molar-refractivity contribution in [1.29, 1.82) is 0 Å².